The maximum atomic E-state index is 12.6. The molecule has 3 aliphatic rings. The number of thioether (sulfide) groups is 1. The molecule has 1 saturated heterocycles. The van der Waals surface area contributed by atoms with Gasteiger partial charge in [-0.15, -0.1) is 0 Å². The van der Waals surface area contributed by atoms with E-state index in [9.17, 15) is 4.79 Å². The normalized spacial score (nSPS) is 32.9. The Morgan fingerprint density at radius 2 is 2.19 bits per heavy atom. The topological polar surface area (TPSA) is 47.6 Å². The molecule has 1 aliphatic heterocycles. The van der Waals surface area contributed by atoms with Crippen molar-refractivity contribution in [1.29, 1.82) is 0 Å². The first-order chi connectivity index (χ1) is 10.2. The summed E-state index contributed by atoms with van der Waals surface area (Å²) in [5.41, 5.74) is -0.395. The molecule has 0 radical (unpaired) electrons. The average molecular weight is 313 g/mol. The van der Waals surface area contributed by atoms with Crippen molar-refractivity contribution in [3.05, 3.63) is 0 Å². The lowest BCUT2D eigenvalue weighted by atomic mass is 9.84. The number of ether oxygens (including phenoxy) is 2. The van der Waals surface area contributed by atoms with Crippen LogP contribution in [0.15, 0.2) is 0 Å². The van der Waals surface area contributed by atoms with Crippen LogP contribution in [0, 0.1) is 5.92 Å². The fourth-order valence-electron chi connectivity index (χ4n) is 3.53. The zero-order chi connectivity index (χ0) is 14.7. The Hall–Kier alpha value is -0.260. The summed E-state index contributed by atoms with van der Waals surface area (Å²) in [6.07, 6.45) is 6.77. The summed E-state index contributed by atoms with van der Waals surface area (Å²) in [4.78, 5) is 12.6. The molecule has 3 rings (SSSR count). The maximum absolute atomic E-state index is 12.6. The van der Waals surface area contributed by atoms with Gasteiger partial charge in [-0.25, -0.2) is 0 Å². The molecule has 0 bridgehead atoms. The highest BCUT2D eigenvalue weighted by molar-refractivity contribution is 8.00. The number of hydrogen-bond donors (Lipinski definition) is 1. The Balaban J connectivity index is 1.59. The zero-order valence-corrected chi connectivity index (χ0v) is 13.8. The number of rotatable bonds is 8. The van der Waals surface area contributed by atoms with Gasteiger partial charge >= 0.3 is 5.97 Å². The van der Waals surface area contributed by atoms with Crippen molar-refractivity contribution < 1.29 is 14.3 Å². The van der Waals surface area contributed by atoms with Crippen molar-refractivity contribution in [2.75, 3.05) is 25.6 Å². The smallest absolute Gasteiger partial charge is 0.326 e. The van der Waals surface area contributed by atoms with E-state index in [1.165, 1.54) is 12.8 Å². The number of nitrogens with one attached hydrogen (secondary N) is 1. The van der Waals surface area contributed by atoms with E-state index in [-0.39, 0.29) is 5.97 Å². The molecule has 2 saturated carbocycles. The molecular formula is C16H27NO3S. The summed E-state index contributed by atoms with van der Waals surface area (Å²) >= 11 is 2.01. The summed E-state index contributed by atoms with van der Waals surface area (Å²) in [5, 5.41) is 4.34. The third kappa shape index (κ3) is 3.57. The molecule has 3 fully saturated rings. The third-order valence-corrected chi connectivity index (χ3v) is 6.14. The highest BCUT2D eigenvalue weighted by Gasteiger charge is 2.51. The maximum Gasteiger partial charge on any atom is 0.326 e. The predicted molar refractivity (Wildman–Crippen MR) is 84.5 cm³/mol. The van der Waals surface area contributed by atoms with E-state index in [1.807, 2.05) is 18.7 Å². The first-order valence-corrected chi connectivity index (χ1v) is 9.43. The summed E-state index contributed by atoms with van der Waals surface area (Å²) in [6, 6.07) is 0.544. The molecule has 2 aliphatic carbocycles. The van der Waals surface area contributed by atoms with Crippen LogP contribution in [0.3, 0.4) is 0 Å². The van der Waals surface area contributed by atoms with E-state index < -0.39 is 5.54 Å². The van der Waals surface area contributed by atoms with Crippen LogP contribution in [0.1, 0.15) is 45.4 Å². The van der Waals surface area contributed by atoms with E-state index in [0.29, 0.717) is 23.8 Å². The van der Waals surface area contributed by atoms with Crippen LogP contribution in [0.4, 0.5) is 0 Å². The number of esters is 1. The molecule has 0 aromatic rings. The van der Waals surface area contributed by atoms with Crippen molar-refractivity contribution in [3.63, 3.8) is 0 Å². The van der Waals surface area contributed by atoms with Crippen LogP contribution in [0.2, 0.25) is 0 Å². The van der Waals surface area contributed by atoms with Crippen LogP contribution < -0.4 is 5.32 Å². The summed E-state index contributed by atoms with van der Waals surface area (Å²) < 4.78 is 10.6. The van der Waals surface area contributed by atoms with E-state index in [2.05, 4.69) is 5.32 Å². The van der Waals surface area contributed by atoms with Crippen molar-refractivity contribution in [2.45, 2.75) is 62.3 Å². The number of hydrogen-bond acceptors (Lipinski definition) is 5. The average Bonchev–Trinajstić information content (AvgIpc) is 3.13. The van der Waals surface area contributed by atoms with Gasteiger partial charge < -0.3 is 9.47 Å². The largest absolute Gasteiger partial charge is 0.465 e. The second-order valence-electron chi connectivity index (χ2n) is 6.52. The lowest BCUT2D eigenvalue weighted by molar-refractivity contribution is -0.153. The van der Waals surface area contributed by atoms with Crippen LogP contribution in [-0.2, 0) is 14.3 Å². The molecule has 5 heteroatoms. The monoisotopic (exact) mass is 313 g/mol. The Labute approximate surface area is 131 Å². The second kappa shape index (κ2) is 6.88. The van der Waals surface area contributed by atoms with Gasteiger partial charge in [-0.3, -0.25) is 10.1 Å². The Morgan fingerprint density at radius 3 is 2.81 bits per heavy atom. The fourth-order valence-corrected chi connectivity index (χ4v) is 4.66. The van der Waals surface area contributed by atoms with Gasteiger partial charge in [0, 0.05) is 6.04 Å². The fraction of sp³-hybridized carbons (Fsp3) is 0.938. The Bertz CT molecular complexity index is 371. The van der Waals surface area contributed by atoms with Gasteiger partial charge in [0.05, 0.1) is 25.1 Å². The van der Waals surface area contributed by atoms with E-state index in [0.717, 1.165) is 44.6 Å². The minimum absolute atomic E-state index is 0.00335. The van der Waals surface area contributed by atoms with Gasteiger partial charge in [0.25, 0.3) is 0 Å². The molecule has 0 aromatic carbocycles. The standard InChI is InChI=1S/C16H27NO3S/c1-2-20-15(18)16(17-13-5-6-13)8-3-4-12(16)7-9-21-14-10-19-11-14/h12-14,17H,2-11H2,1H3. The summed E-state index contributed by atoms with van der Waals surface area (Å²) in [6.45, 7) is 4.18. The second-order valence-corrected chi connectivity index (χ2v) is 7.93. The Kier molecular flexibility index (Phi) is 5.12. The van der Waals surface area contributed by atoms with Crippen molar-refractivity contribution >= 4 is 17.7 Å². The molecular weight excluding hydrogens is 286 g/mol. The van der Waals surface area contributed by atoms with Crippen LogP contribution in [0.5, 0.6) is 0 Å². The van der Waals surface area contributed by atoms with Gasteiger partial charge in [0.15, 0.2) is 0 Å². The molecule has 2 atom stereocenters. The van der Waals surface area contributed by atoms with Crippen LogP contribution in [-0.4, -0.2) is 48.4 Å². The Morgan fingerprint density at radius 1 is 1.38 bits per heavy atom. The van der Waals surface area contributed by atoms with Gasteiger partial charge in [-0.2, -0.15) is 11.8 Å². The molecule has 21 heavy (non-hydrogen) atoms. The minimum Gasteiger partial charge on any atom is -0.465 e. The molecule has 2 unspecified atom stereocenters. The lowest BCUT2D eigenvalue weighted by Gasteiger charge is -2.35. The van der Waals surface area contributed by atoms with E-state index >= 15 is 0 Å². The van der Waals surface area contributed by atoms with Crippen molar-refractivity contribution in [1.82, 2.24) is 5.32 Å². The molecule has 120 valence electrons. The van der Waals surface area contributed by atoms with Crippen LogP contribution in [0.25, 0.3) is 0 Å². The lowest BCUT2D eigenvalue weighted by Crippen LogP contribution is -2.56. The molecule has 1 N–H and O–H groups in total. The summed E-state index contributed by atoms with van der Waals surface area (Å²) in [7, 11) is 0. The number of carbonyl (C=O) groups is 1. The van der Waals surface area contributed by atoms with Gasteiger partial charge in [-0.1, -0.05) is 6.42 Å². The SMILES string of the molecule is CCOC(=O)C1(NC2CC2)CCCC1CCSC1COC1. The van der Waals surface area contributed by atoms with E-state index in [1.54, 1.807) is 0 Å². The molecule has 4 nitrogen and oxygen atoms in total. The zero-order valence-electron chi connectivity index (χ0n) is 12.9. The molecule has 1 heterocycles. The molecule has 0 spiro atoms. The van der Waals surface area contributed by atoms with Crippen LogP contribution >= 0.6 is 11.8 Å². The number of carbonyl (C=O) groups excluding carboxylic acids is 1. The van der Waals surface area contributed by atoms with Gasteiger partial charge in [0.1, 0.15) is 5.54 Å². The van der Waals surface area contributed by atoms with Gasteiger partial charge in [0.2, 0.25) is 0 Å². The quantitative estimate of drug-likeness (QED) is 0.697. The highest BCUT2D eigenvalue weighted by atomic mass is 32.2. The van der Waals surface area contributed by atoms with Crippen molar-refractivity contribution in [3.8, 4) is 0 Å². The first-order valence-electron chi connectivity index (χ1n) is 8.39. The molecule has 0 amide bonds. The predicted octanol–water partition coefficient (Wildman–Crippen LogP) is 2.36. The minimum atomic E-state index is -0.395. The van der Waals surface area contributed by atoms with Crippen molar-refractivity contribution in [2.24, 2.45) is 5.92 Å². The highest BCUT2D eigenvalue weighted by Crippen LogP contribution is 2.42. The summed E-state index contributed by atoms with van der Waals surface area (Å²) in [5.74, 6) is 1.56. The molecule has 0 aromatic heterocycles. The van der Waals surface area contributed by atoms with E-state index in [4.69, 9.17) is 9.47 Å². The third-order valence-electron chi connectivity index (χ3n) is 4.93. The van der Waals surface area contributed by atoms with Gasteiger partial charge in [-0.05, 0) is 50.7 Å². The first kappa shape index (κ1) is 15.6.